The van der Waals surface area contributed by atoms with Crippen molar-refractivity contribution in [2.75, 3.05) is 33.3 Å². The van der Waals surface area contributed by atoms with Crippen LogP contribution in [-0.2, 0) is 11.3 Å². The van der Waals surface area contributed by atoms with Gasteiger partial charge in [-0.2, -0.15) is 0 Å². The van der Waals surface area contributed by atoms with Crippen molar-refractivity contribution in [3.8, 4) is 23.0 Å². The van der Waals surface area contributed by atoms with Crippen LogP contribution in [0.3, 0.4) is 0 Å². The largest absolute Gasteiger partial charge is 0.493 e. The number of carbonyl (C=O) groups is 2. The number of rotatable bonds is 10. The highest BCUT2D eigenvalue weighted by Gasteiger charge is 2.14. The van der Waals surface area contributed by atoms with Gasteiger partial charge in [0, 0.05) is 18.3 Å². The molecular weight excluding hydrogens is 416 g/mol. The highest BCUT2D eigenvalue weighted by Crippen LogP contribution is 2.38. The zero-order valence-electron chi connectivity index (χ0n) is 18.0. The molecule has 0 aliphatic carbocycles. The van der Waals surface area contributed by atoms with E-state index in [1.54, 1.807) is 48.5 Å². The van der Waals surface area contributed by atoms with E-state index in [1.807, 2.05) is 0 Å². The second-order valence-electron chi connectivity index (χ2n) is 6.56. The van der Waals surface area contributed by atoms with E-state index in [0.717, 1.165) is 5.56 Å². The Morgan fingerprint density at radius 3 is 2.31 bits per heavy atom. The minimum Gasteiger partial charge on any atom is -0.493 e. The van der Waals surface area contributed by atoms with Crippen LogP contribution in [0.4, 0.5) is 5.69 Å². The van der Waals surface area contributed by atoms with Crippen LogP contribution in [0.1, 0.15) is 16.1 Å². The smallest absolute Gasteiger partial charge is 0.291 e. The van der Waals surface area contributed by atoms with Crippen molar-refractivity contribution < 1.29 is 33.0 Å². The second-order valence-corrected chi connectivity index (χ2v) is 6.56. The molecule has 2 N–H and O–H groups in total. The maximum atomic E-state index is 12.2. The molecule has 3 rings (SSSR count). The Kier molecular flexibility index (Phi) is 7.58. The zero-order valence-corrected chi connectivity index (χ0v) is 18.0. The molecule has 2 amide bonds. The molecule has 0 fully saturated rings. The van der Waals surface area contributed by atoms with Gasteiger partial charge in [-0.15, -0.1) is 0 Å². The molecule has 0 aliphatic rings. The lowest BCUT2D eigenvalue weighted by atomic mass is 10.1. The van der Waals surface area contributed by atoms with Crippen LogP contribution in [0.2, 0.25) is 0 Å². The zero-order chi connectivity index (χ0) is 22.9. The van der Waals surface area contributed by atoms with Gasteiger partial charge in [0.1, 0.15) is 5.75 Å². The van der Waals surface area contributed by atoms with Crippen molar-refractivity contribution in [1.29, 1.82) is 0 Å². The summed E-state index contributed by atoms with van der Waals surface area (Å²) in [6, 6.07) is 13.4. The Bertz CT molecular complexity index is 1040. The monoisotopic (exact) mass is 440 g/mol. The minimum atomic E-state index is -0.379. The van der Waals surface area contributed by atoms with E-state index >= 15 is 0 Å². The van der Waals surface area contributed by atoms with Crippen LogP contribution >= 0.6 is 0 Å². The van der Waals surface area contributed by atoms with Crippen LogP contribution in [0, 0.1) is 0 Å². The number of hydrogen-bond donors (Lipinski definition) is 2. The summed E-state index contributed by atoms with van der Waals surface area (Å²) >= 11 is 0. The molecule has 9 nitrogen and oxygen atoms in total. The molecule has 2 aromatic carbocycles. The lowest BCUT2D eigenvalue weighted by Gasteiger charge is -2.14. The third-order valence-electron chi connectivity index (χ3n) is 4.42. The van der Waals surface area contributed by atoms with Crippen molar-refractivity contribution in [3.05, 3.63) is 66.1 Å². The Morgan fingerprint density at radius 1 is 0.938 bits per heavy atom. The minimum absolute atomic E-state index is 0.194. The molecule has 1 heterocycles. The molecule has 3 aromatic rings. The fourth-order valence-electron chi connectivity index (χ4n) is 2.90. The lowest BCUT2D eigenvalue weighted by molar-refractivity contribution is -0.123. The third kappa shape index (κ3) is 5.72. The molecule has 0 radical (unpaired) electrons. The van der Waals surface area contributed by atoms with Crippen molar-refractivity contribution in [2.45, 2.75) is 6.54 Å². The molecule has 0 saturated heterocycles. The maximum Gasteiger partial charge on any atom is 0.291 e. The van der Waals surface area contributed by atoms with E-state index in [1.165, 1.54) is 27.6 Å². The first kappa shape index (κ1) is 22.5. The Hall–Kier alpha value is -4.14. The number of amides is 2. The number of furan rings is 1. The number of anilines is 1. The van der Waals surface area contributed by atoms with Crippen LogP contribution in [-0.4, -0.2) is 39.8 Å². The van der Waals surface area contributed by atoms with Crippen LogP contribution in [0.25, 0.3) is 0 Å². The molecular formula is C23H24N2O7. The van der Waals surface area contributed by atoms with Gasteiger partial charge < -0.3 is 34.0 Å². The number of methoxy groups -OCH3 is 3. The van der Waals surface area contributed by atoms with Crippen molar-refractivity contribution in [2.24, 2.45) is 0 Å². The van der Waals surface area contributed by atoms with Crippen molar-refractivity contribution in [1.82, 2.24) is 5.32 Å². The van der Waals surface area contributed by atoms with Gasteiger partial charge in [-0.3, -0.25) is 9.59 Å². The van der Waals surface area contributed by atoms with Gasteiger partial charge >= 0.3 is 0 Å². The molecule has 9 heteroatoms. The summed E-state index contributed by atoms with van der Waals surface area (Å²) in [5, 5.41) is 5.48. The quantitative estimate of drug-likeness (QED) is 0.498. The van der Waals surface area contributed by atoms with Gasteiger partial charge in [0.15, 0.2) is 23.9 Å². The van der Waals surface area contributed by atoms with Gasteiger partial charge in [0.05, 0.1) is 27.6 Å². The Morgan fingerprint density at radius 2 is 1.69 bits per heavy atom. The second kappa shape index (κ2) is 10.8. The molecule has 1 aromatic heterocycles. The Labute approximate surface area is 185 Å². The van der Waals surface area contributed by atoms with Crippen LogP contribution in [0.15, 0.2) is 59.2 Å². The first-order valence-electron chi connectivity index (χ1n) is 9.67. The molecule has 0 saturated carbocycles. The topological polar surface area (TPSA) is 108 Å². The molecule has 32 heavy (non-hydrogen) atoms. The number of carbonyl (C=O) groups excluding carboxylic acids is 2. The number of benzene rings is 2. The predicted molar refractivity (Wildman–Crippen MR) is 117 cm³/mol. The molecule has 0 spiro atoms. The number of hydrogen-bond acceptors (Lipinski definition) is 7. The maximum absolute atomic E-state index is 12.2. The SMILES string of the molecule is COc1cc(CNC(=O)COc2cccc(NC(=O)c3ccco3)c2)cc(OC)c1OC. The van der Waals surface area contributed by atoms with Gasteiger partial charge in [-0.25, -0.2) is 0 Å². The van der Waals surface area contributed by atoms with E-state index in [0.29, 0.717) is 28.7 Å². The molecule has 0 bridgehead atoms. The summed E-state index contributed by atoms with van der Waals surface area (Å²) in [7, 11) is 4.58. The standard InChI is InChI=1S/C23H24N2O7/c1-28-19-10-15(11-20(29-2)22(19)30-3)13-24-21(26)14-32-17-7-4-6-16(12-17)25-23(27)18-8-5-9-31-18/h4-12H,13-14H2,1-3H3,(H,24,26)(H,25,27). The molecule has 0 aliphatic heterocycles. The van der Waals surface area contributed by atoms with Gasteiger partial charge in [0.2, 0.25) is 5.75 Å². The third-order valence-corrected chi connectivity index (χ3v) is 4.42. The summed E-state index contributed by atoms with van der Waals surface area (Å²) in [5.74, 6) is 1.42. The predicted octanol–water partition coefficient (Wildman–Crippen LogP) is 3.25. The average Bonchev–Trinajstić information content (AvgIpc) is 3.36. The fourth-order valence-corrected chi connectivity index (χ4v) is 2.90. The normalized spacial score (nSPS) is 10.2. The van der Waals surface area contributed by atoms with E-state index in [-0.39, 0.29) is 30.7 Å². The average molecular weight is 440 g/mol. The fraction of sp³-hybridized carbons (Fsp3) is 0.217. The van der Waals surface area contributed by atoms with Crippen LogP contribution in [0.5, 0.6) is 23.0 Å². The summed E-state index contributed by atoms with van der Waals surface area (Å²) in [6.45, 7) is 0.0537. The highest BCUT2D eigenvalue weighted by molar-refractivity contribution is 6.02. The van der Waals surface area contributed by atoms with Gasteiger partial charge in [0.25, 0.3) is 11.8 Å². The summed E-state index contributed by atoms with van der Waals surface area (Å²) in [4.78, 5) is 24.3. The van der Waals surface area contributed by atoms with Gasteiger partial charge in [-0.05, 0) is 42.0 Å². The van der Waals surface area contributed by atoms with E-state index in [2.05, 4.69) is 10.6 Å². The summed E-state index contributed by atoms with van der Waals surface area (Å²) < 4.78 is 26.5. The summed E-state index contributed by atoms with van der Waals surface area (Å²) in [5.41, 5.74) is 1.29. The highest BCUT2D eigenvalue weighted by atomic mass is 16.5. The van der Waals surface area contributed by atoms with Gasteiger partial charge in [-0.1, -0.05) is 6.07 Å². The van der Waals surface area contributed by atoms with Crippen LogP contribution < -0.4 is 29.6 Å². The first-order chi connectivity index (χ1) is 15.5. The Balaban J connectivity index is 1.54. The summed E-state index contributed by atoms with van der Waals surface area (Å²) in [6.07, 6.45) is 1.42. The van der Waals surface area contributed by atoms with Crippen molar-refractivity contribution >= 4 is 17.5 Å². The molecule has 0 unspecified atom stereocenters. The van der Waals surface area contributed by atoms with Crippen molar-refractivity contribution in [3.63, 3.8) is 0 Å². The van der Waals surface area contributed by atoms with E-state index in [4.69, 9.17) is 23.4 Å². The lowest BCUT2D eigenvalue weighted by Crippen LogP contribution is -2.28. The van der Waals surface area contributed by atoms with E-state index in [9.17, 15) is 9.59 Å². The molecule has 0 atom stereocenters. The van der Waals surface area contributed by atoms with E-state index < -0.39 is 0 Å². The molecule has 168 valence electrons. The number of nitrogens with one attached hydrogen (secondary N) is 2. The first-order valence-corrected chi connectivity index (χ1v) is 9.67. The number of ether oxygens (including phenoxy) is 4.